The van der Waals surface area contributed by atoms with Crippen LogP contribution < -0.4 is 5.56 Å². The lowest BCUT2D eigenvalue weighted by molar-refractivity contribution is -0.137. The molecule has 0 aliphatic heterocycles. The lowest BCUT2D eigenvalue weighted by Crippen LogP contribution is -2.21. The van der Waals surface area contributed by atoms with Crippen LogP contribution in [0.15, 0.2) is 59.8 Å². The van der Waals surface area contributed by atoms with Crippen LogP contribution in [0.25, 0.3) is 16.7 Å². The summed E-state index contributed by atoms with van der Waals surface area (Å²) in [7, 11) is 0. The van der Waals surface area contributed by atoms with Crippen molar-refractivity contribution in [3.05, 3.63) is 87.6 Å². The van der Waals surface area contributed by atoms with Crippen molar-refractivity contribution in [1.29, 1.82) is 0 Å². The topological polar surface area (TPSA) is 52.7 Å². The number of rotatable bonds is 3. The minimum Gasteiger partial charge on any atom is -0.294 e. The molecule has 0 unspecified atom stereocenters. The first-order valence-corrected chi connectivity index (χ1v) is 8.91. The van der Waals surface area contributed by atoms with Gasteiger partial charge in [0.1, 0.15) is 11.7 Å². The fourth-order valence-corrected chi connectivity index (χ4v) is 3.32. The Balaban J connectivity index is 1.74. The van der Waals surface area contributed by atoms with Gasteiger partial charge in [0, 0.05) is 0 Å². The van der Waals surface area contributed by atoms with Gasteiger partial charge < -0.3 is 0 Å². The molecule has 0 aliphatic carbocycles. The van der Waals surface area contributed by atoms with E-state index in [2.05, 4.69) is 10.1 Å². The van der Waals surface area contributed by atoms with E-state index in [0.717, 1.165) is 28.9 Å². The molecule has 0 saturated carbocycles. The zero-order valence-electron chi connectivity index (χ0n) is 15.7. The molecule has 2 heterocycles. The molecule has 0 saturated heterocycles. The lowest BCUT2D eigenvalue weighted by Gasteiger charge is -2.10. The molecule has 4 rings (SSSR count). The predicted molar refractivity (Wildman–Crippen MR) is 103 cm³/mol. The molecule has 0 radical (unpaired) electrons. The van der Waals surface area contributed by atoms with Crippen molar-refractivity contribution in [2.24, 2.45) is 0 Å². The monoisotopic (exact) mass is 398 g/mol. The standard InChI is InChI=1S/C21H17F3N4O/c1-13-6-7-18(14(2)8-13)28-19-17(10-26-28)20(29)27(12-25-19)11-15-4-3-5-16(9-15)21(22,23)24/h3-10,12H,11H2,1-2H3. The van der Waals surface area contributed by atoms with Crippen molar-refractivity contribution < 1.29 is 13.2 Å². The van der Waals surface area contributed by atoms with Crippen LogP contribution >= 0.6 is 0 Å². The fraction of sp³-hybridized carbons (Fsp3) is 0.190. The molecule has 0 N–H and O–H groups in total. The molecule has 0 fully saturated rings. The van der Waals surface area contributed by atoms with Gasteiger partial charge >= 0.3 is 6.18 Å². The normalized spacial score (nSPS) is 11.9. The van der Waals surface area contributed by atoms with Gasteiger partial charge in [-0.25, -0.2) is 9.67 Å². The SMILES string of the molecule is Cc1ccc(-n2ncc3c(=O)n(Cc4cccc(C(F)(F)F)c4)cnc32)c(C)c1. The number of benzene rings is 2. The summed E-state index contributed by atoms with van der Waals surface area (Å²) < 4.78 is 41.7. The average Bonchev–Trinajstić information content (AvgIpc) is 3.08. The van der Waals surface area contributed by atoms with Crippen molar-refractivity contribution in [2.45, 2.75) is 26.6 Å². The molecule has 8 heteroatoms. The Morgan fingerprint density at radius 1 is 1.07 bits per heavy atom. The Hall–Kier alpha value is -3.42. The third kappa shape index (κ3) is 3.53. The number of aromatic nitrogens is 4. The van der Waals surface area contributed by atoms with E-state index in [-0.39, 0.29) is 12.1 Å². The number of alkyl halides is 3. The summed E-state index contributed by atoms with van der Waals surface area (Å²) in [5.74, 6) is 0. The highest BCUT2D eigenvalue weighted by Crippen LogP contribution is 2.29. The first kappa shape index (κ1) is 18.9. The second kappa shape index (κ2) is 6.88. The van der Waals surface area contributed by atoms with Crippen LogP contribution in [0, 0.1) is 13.8 Å². The molecular formula is C21H17F3N4O. The van der Waals surface area contributed by atoms with E-state index in [9.17, 15) is 18.0 Å². The maximum Gasteiger partial charge on any atom is 0.416 e. The quantitative estimate of drug-likeness (QED) is 0.518. The van der Waals surface area contributed by atoms with E-state index in [4.69, 9.17) is 0 Å². The van der Waals surface area contributed by atoms with Gasteiger partial charge in [-0.3, -0.25) is 9.36 Å². The van der Waals surface area contributed by atoms with Crippen LogP contribution in [-0.2, 0) is 12.7 Å². The minimum atomic E-state index is -4.43. The van der Waals surface area contributed by atoms with E-state index in [1.807, 2.05) is 32.0 Å². The summed E-state index contributed by atoms with van der Waals surface area (Å²) in [5, 5.41) is 4.61. The van der Waals surface area contributed by atoms with E-state index >= 15 is 0 Å². The van der Waals surface area contributed by atoms with Crippen LogP contribution in [0.5, 0.6) is 0 Å². The number of fused-ring (bicyclic) bond motifs is 1. The molecule has 2 aromatic carbocycles. The minimum absolute atomic E-state index is 0.0135. The van der Waals surface area contributed by atoms with Gasteiger partial charge in [-0.15, -0.1) is 0 Å². The zero-order chi connectivity index (χ0) is 20.8. The zero-order valence-corrected chi connectivity index (χ0v) is 15.7. The first-order valence-electron chi connectivity index (χ1n) is 8.91. The summed E-state index contributed by atoms with van der Waals surface area (Å²) in [5.41, 5.74) is 2.58. The van der Waals surface area contributed by atoms with E-state index in [1.165, 1.54) is 23.2 Å². The summed E-state index contributed by atoms with van der Waals surface area (Å²) in [6, 6.07) is 10.8. The molecule has 0 atom stereocenters. The largest absolute Gasteiger partial charge is 0.416 e. The molecular weight excluding hydrogens is 381 g/mol. The van der Waals surface area contributed by atoms with Crippen LogP contribution in [0.3, 0.4) is 0 Å². The number of hydrogen-bond donors (Lipinski definition) is 0. The van der Waals surface area contributed by atoms with Crippen LogP contribution in [0.1, 0.15) is 22.3 Å². The smallest absolute Gasteiger partial charge is 0.294 e. The molecule has 0 spiro atoms. The Morgan fingerprint density at radius 2 is 1.86 bits per heavy atom. The number of hydrogen-bond acceptors (Lipinski definition) is 3. The fourth-order valence-electron chi connectivity index (χ4n) is 3.32. The second-order valence-corrected chi connectivity index (χ2v) is 6.96. The number of halogens is 3. The average molecular weight is 398 g/mol. The Labute approximate surface area is 164 Å². The van der Waals surface area contributed by atoms with Crippen LogP contribution in [-0.4, -0.2) is 19.3 Å². The summed E-state index contributed by atoms with van der Waals surface area (Å²) in [6.07, 6.45) is -1.66. The molecule has 0 bridgehead atoms. The van der Waals surface area contributed by atoms with E-state index in [1.54, 1.807) is 10.7 Å². The Morgan fingerprint density at radius 3 is 2.59 bits per heavy atom. The third-order valence-electron chi connectivity index (χ3n) is 4.74. The van der Waals surface area contributed by atoms with Crippen LogP contribution in [0.2, 0.25) is 0 Å². The Kier molecular flexibility index (Phi) is 4.49. The molecule has 29 heavy (non-hydrogen) atoms. The molecule has 0 amide bonds. The summed E-state index contributed by atoms with van der Waals surface area (Å²) in [6.45, 7) is 3.92. The van der Waals surface area contributed by atoms with Crippen molar-refractivity contribution >= 4 is 11.0 Å². The molecule has 2 aromatic heterocycles. The maximum absolute atomic E-state index is 12.9. The van der Waals surface area contributed by atoms with Gasteiger partial charge in [0.2, 0.25) is 0 Å². The van der Waals surface area contributed by atoms with E-state index in [0.29, 0.717) is 16.6 Å². The lowest BCUT2D eigenvalue weighted by atomic mass is 10.1. The highest BCUT2D eigenvalue weighted by molar-refractivity contribution is 5.75. The third-order valence-corrected chi connectivity index (χ3v) is 4.74. The summed E-state index contributed by atoms with van der Waals surface area (Å²) >= 11 is 0. The highest BCUT2D eigenvalue weighted by atomic mass is 19.4. The number of nitrogens with zero attached hydrogens (tertiary/aromatic N) is 4. The highest BCUT2D eigenvalue weighted by Gasteiger charge is 2.30. The van der Waals surface area contributed by atoms with Crippen molar-refractivity contribution in [3.8, 4) is 5.69 Å². The summed E-state index contributed by atoms with van der Waals surface area (Å²) in [4.78, 5) is 17.2. The van der Waals surface area contributed by atoms with E-state index < -0.39 is 11.7 Å². The Bertz CT molecular complexity index is 1270. The van der Waals surface area contributed by atoms with Gasteiger partial charge in [0.15, 0.2) is 5.65 Å². The van der Waals surface area contributed by atoms with Crippen molar-refractivity contribution in [1.82, 2.24) is 19.3 Å². The predicted octanol–water partition coefficient (Wildman–Crippen LogP) is 4.27. The van der Waals surface area contributed by atoms with Gasteiger partial charge in [-0.1, -0.05) is 29.8 Å². The van der Waals surface area contributed by atoms with Crippen molar-refractivity contribution in [3.63, 3.8) is 0 Å². The molecule has 148 valence electrons. The van der Waals surface area contributed by atoms with Gasteiger partial charge in [-0.05, 0) is 43.2 Å². The van der Waals surface area contributed by atoms with Gasteiger partial charge in [0.25, 0.3) is 5.56 Å². The number of aryl methyl sites for hydroxylation is 2. The first-order chi connectivity index (χ1) is 13.7. The maximum atomic E-state index is 12.9. The van der Waals surface area contributed by atoms with Gasteiger partial charge in [0.05, 0.1) is 24.0 Å². The molecule has 4 aromatic rings. The molecule has 0 aliphatic rings. The van der Waals surface area contributed by atoms with Crippen molar-refractivity contribution in [2.75, 3.05) is 0 Å². The second-order valence-electron chi connectivity index (χ2n) is 6.96. The molecule has 5 nitrogen and oxygen atoms in total. The van der Waals surface area contributed by atoms with Gasteiger partial charge in [-0.2, -0.15) is 18.3 Å². The van der Waals surface area contributed by atoms with Crippen LogP contribution in [0.4, 0.5) is 13.2 Å².